The molecule has 0 aromatic rings. The van der Waals surface area contributed by atoms with E-state index in [1.165, 1.54) is 0 Å². The zero-order valence-electron chi connectivity index (χ0n) is 10.6. The van der Waals surface area contributed by atoms with E-state index in [0.717, 1.165) is 25.7 Å². The Labute approximate surface area is 102 Å². The van der Waals surface area contributed by atoms with Gasteiger partial charge in [-0.3, -0.25) is 4.79 Å². The van der Waals surface area contributed by atoms with E-state index < -0.39 is 5.97 Å². The van der Waals surface area contributed by atoms with Gasteiger partial charge in [0, 0.05) is 11.6 Å². The van der Waals surface area contributed by atoms with Gasteiger partial charge in [0.05, 0.1) is 6.42 Å². The second-order valence-corrected chi connectivity index (χ2v) is 4.79. The SMILES string of the molecule is CCC(CC(=O)O)NC(=O)NC1(CC)CCC1. The summed E-state index contributed by atoms with van der Waals surface area (Å²) in [7, 11) is 0. The second-order valence-electron chi connectivity index (χ2n) is 4.79. The van der Waals surface area contributed by atoms with E-state index in [2.05, 4.69) is 17.6 Å². The number of aliphatic carboxylic acids is 1. The van der Waals surface area contributed by atoms with Gasteiger partial charge < -0.3 is 15.7 Å². The van der Waals surface area contributed by atoms with Crippen molar-refractivity contribution in [3.05, 3.63) is 0 Å². The Hall–Kier alpha value is -1.26. The van der Waals surface area contributed by atoms with Gasteiger partial charge in [0.15, 0.2) is 0 Å². The van der Waals surface area contributed by atoms with Gasteiger partial charge in [-0.2, -0.15) is 0 Å². The molecule has 1 saturated carbocycles. The van der Waals surface area contributed by atoms with Crippen LogP contribution in [0.4, 0.5) is 4.79 Å². The molecule has 1 aliphatic rings. The van der Waals surface area contributed by atoms with Gasteiger partial charge in [-0.25, -0.2) is 4.79 Å². The van der Waals surface area contributed by atoms with Crippen LogP contribution in [0.15, 0.2) is 0 Å². The average Bonchev–Trinajstić information content (AvgIpc) is 2.21. The molecule has 1 rings (SSSR count). The number of hydrogen-bond acceptors (Lipinski definition) is 2. The molecule has 0 spiro atoms. The Morgan fingerprint density at radius 3 is 2.35 bits per heavy atom. The maximum absolute atomic E-state index is 11.7. The first-order valence-corrected chi connectivity index (χ1v) is 6.32. The number of nitrogens with one attached hydrogen (secondary N) is 2. The summed E-state index contributed by atoms with van der Waals surface area (Å²) in [6.45, 7) is 3.93. The van der Waals surface area contributed by atoms with Crippen LogP contribution in [0.25, 0.3) is 0 Å². The van der Waals surface area contributed by atoms with E-state index in [1.807, 2.05) is 6.92 Å². The van der Waals surface area contributed by atoms with Gasteiger partial charge in [0.1, 0.15) is 0 Å². The van der Waals surface area contributed by atoms with Crippen LogP contribution >= 0.6 is 0 Å². The Balaban J connectivity index is 2.39. The minimum atomic E-state index is -0.883. The molecule has 0 bridgehead atoms. The lowest BCUT2D eigenvalue weighted by atomic mass is 9.75. The minimum Gasteiger partial charge on any atom is -0.481 e. The number of amides is 2. The fraction of sp³-hybridized carbons (Fsp3) is 0.833. The van der Waals surface area contributed by atoms with Crippen molar-refractivity contribution in [1.82, 2.24) is 10.6 Å². The lowest BCUT2D eigenvalue weighted by molar-refractivity contribution is -0.137. The summed E-state index contributed by atoms with van der Waals surface area (Å²) in [5, 5.41) is 14.4. The van der Waals surface area contributed by atoms with Crippen molar-refractivity contribution in [3.8, 4) is 0 Å². The van der Waals surface area contributed by atoms with Crippen LogP contribution in [0.3, 0.4) is 0 Å². The van der Waals surface area contributed by atoms with Gasteiger partial charge in [-0.1, -0.05) is 13.8 Å². The van der Waals surface area contributed by atoms with Crippen molar-refractivity contribution >= 4 is 12.0 Å². The highest BCUT2D eigenvalue weighted by molar-refractivity contribution is 5.76. The van der Waals surface area contributed by atoms with Gasteiger partial charge >= 0.3 is 12.0 Å². The summed E-state index contributed by atoms with van der Waals surface area (Å²) in [5.41, 5.74) is -0.0500. The van der Waals surface area contributed by atoms with Crippen LogP contribution < -0.4 is 10.6 Å². The van der Waals surface area contributed by atoms with Crippen molar-refractivity contribution in [1.29, 1.82) is 0 Å². The van der Waals surface area contributed by atoms with Crippen LogP contribution in [-0.4, -0.2) is 28.7 Å². The highest BCUT2D eigenvalue weighted by Crippen LogP contribution is 2.34. The van der Waals surface area contributed by atoms with Crippen molar-refractivity contribution in [3.63, 3.8) is 0 Å². The third-order valence-electron chi connectivity index (χ3n) is 3.62. The number of carbonyl (C=O) groups excluding carboxylic acids is 1. The highest BCUT2D eigenvalue weighted by Gasteiger charge is 2.36. The van der Waals surface area contributed by atoms with Gasteiger partial charge in [0.25, 0.3) is 0 Å². The molecule has 1 fully saturated rings. The molecule has 0 heterocycles. The maximum atomic E-state index is 11.7. The minimum absolute atomic E-state index is 0.0248. The third kappa shape index (κ3) is 3.91. The lowest BCUT2D eigenvalue weighted by Gasteiger charge is -2.42. The number of carboxylic acids is 1. The van der Waals surface area contributed by atoms with Gasteiger partial charge in [0.2, 0.25) is 0 Å². The van der Waals surface area contributed by atoms with Crippen molar-refractivity contribution < 1.29 is 14.7 Å². The monoisotopic (exact) mass is 242 g/mol. The summed E-state index contributed by atoms with van der Waals surface area (Å²) >= 11 is 0. The fourth-order valence-electron chi connectivity index (χ4n) is 2.14. The Morgan fingerprint density at radius 2 is 2.00 bits per heavy atom. The van der Waals surface area contributed by atoms with Crippen LogP contribution in [0.5, 0.6) is 0 Å². The number of carbonyl (C=O) groups is 2. The highest BCUT2D eigenvalue weighted by atomic mass is 16.4. The molecule has 17 heavy (non-hydrogen) atoms. The molecule has 1 aliphatic carbocycles. The Morgan fingerprint density at radius 1 is 1.35 bits per heavy atom. The summed E-state index contributed by atoms with van der Waals surface area (Å²) in [5.74, 6) is -0.883. The summed E-state index contributed by atoms with van der Waals surface area (Å²) < 4.78 is 0. The number of urea groups is 1. The van der Waals surface area contributed by atoms with E-state index in [4.69, 9.17) is 5.11 Å². The number of carboxylic acid groups (broad SMARTS) is 1. The van der Waals surface area contributed by atoms with Crippen LogP contribution in [0.1, 0.15) is 52.4 Å². The predicted octanol–water partition coefficient (Wildman–Crippen LogP) is 1.87. The summed E-state index contributed by atoms with van der Waals surface area (Å²) in [6, 6.07) is -0.527. The average molecular weight is 242 g/mol. The molecular formula is C12H22N2O3. The predicted molar refractivity (Wildman–Crippen MR) is 64.9 cm³/mol. The molecule has 2 amide bonds. The Bertz CT molecular complexity index is 282. The zero-order chi connectivity index (χ0) is 12.9. The molecule has 0 radical (unpaired) electrons. The van der Waals surface area contributed by atoms with E-state index >= 15 is 0 Å². The van der Waals surface area contributed by atoms with Crippen LogP contribution in [0.2, 0.25) is 0 Å². The van der Waals surface area contributed by atoms with Gasteiger partial charge in [-0.15, -0.1) is 0 Å². The topological polar surface area (TPSA) is 78.4 Å². The Kier molecular flexibility index (Phi) is 4.78. The van der Waals surface area contributed by atoms with E-state index in [9.17, 15) is 9.59 Å². The molecule has 1 unspecified atom stereocenters. The number of hydrogen-bond donors (Lipinski definition) is 3. The first kappa shape index (κ1) is 13.8. The van der Waals surface area contributed by atoms with Crippen LogP contribution in [-0.2, 0) is 4.79 Å². The molecule has 3 N–H and O–H groups in total. The van der Waals surface area contributed by atoms with E-state index in [-0.39, 0.29) is 24.0 Å². The first-order chi connectivity index (χ1) is 8.01. The quantitative estimate of drug-likeness (QED) is 0.665. The summed E-state index contributed by atoms with van der Waals surface area (Å²) in [6.07, 6.45) is 4.72. The molecule has 0 aromatic carbocycles. The van der Waals surface area contributed by atoms with Crippen molar-refractivity contribution in [2.75, 3.05) is 0 Å². The molecular weight excluding hydrogens is 220 g/mol. The zero-order valence-corrected chi connectivity index (χ0v) is 10.6. The first-order valence-electron chi connectivity index (χ1n) is 6.32. The normalized spacial score (nSPS) is 18.9. The van der Waals surface area contributed by atoms with Crippen molar-refractivity contribution in [2.45, 2.75) is 64.0 Å². The van der Waals surface area contributed by atoms with Crippen LogP contribution in [0, 0.1) is 0 Å². The number of rotatable bonds is 6. The third-order valence-corrected chi connectivity index (χ3v) is 3.62. The van der Waals surface area contributed by atoms with E-state index in [0.29, 0.717) is 6.42 Å². The second kappa shape index (κ2) is 5.89. The molecule has 0 aliphatic heterocycles. The fourth-order valence-corrected chi connectivity index (χ4v) is 2.14. The van der Waals surface area contributed by atoms with Crippen molar-refractivity contribution in [2.24, 2.45) is 0 Å². The van der Waals surface area contributed by atoms with E-state index in [1.54, 1.807) is 0 Å². The molecule has 98 valence electrons. The molecule has 1 atom stereocenters. The molecule has 5 nitrogen and oxygen atoms in total. The maximum Gasteiger partial charge on any atom is 0.315 e. The smallest absolute Gasteiger partial charge is 0.315 e. The standard InChI is InChI=1S/C12H22N2O3/c1-3-9(8-10(15)16)13-11(17)14-12(4-2)6-5-7-12/h9H,3-8H2,1-2H3,(H,15,16)(H2,13,14,17). The molecule has 5 heteroatoms. The van der Waals surface area contributed by atoms with Gasteiger partial charge in [-0.05, 0) is 32.1 Å². The summed E-state index contributed by atoms with van der Waals surface area (Å²) in [4.78, 5) is 22.3. The molecule has 0 aromatic heterocycles. The molecule has 0 saturated heterocycles. The lowest BCUT2D eigenvalue weighted by Crippen LogP contribution is -2.57. The largest absolute Gasteiger partial charge is 0.481 e.